The van der Waals surface area contributed by atoms with Crippen LogP contribution in [0.15, 0.2) is 59.6 Å². The first kappa shape index (κ1) is 25.5. The zero-order valence-electron chi connectivity index (χ0n) is 19.8. The number of rotatable bonds is 7. The van der Waals surface area contributed by atoms with Crippen molar-refractivity contribution in [1.29, 1.82) is 0 Å². The Morgan fingerprint density at radius 2 is 1.73 bits per heavy atom. The maximum absolute atomic E-state index is 6.15. The summed E-state index contributed by atoms with van der Waals surface area (Å²) in [6, 6.07) is 18.4. The molecule has 6 nitrogen and oxygen atoms in total. The van der Waals surface area contributed by atoms with Gasteiger partial charge in [-0.25, -0.2) is 0 Å². The largest absolute Gasteiger partial charge is 0.495 e. The normalized spacial score (nSPS) is 19.2. The van der Waals surface area contributed by atoms with Gasteiger partial charge in [0, 0.05) is 52.1 Å². The molecular formula is C26H37IN4O2. The summed E-state index contributed by atoms with van der Waals surface area (Å²) >= 11 is 0. The highest BCUT2D eigenvalue weighted by atomic mass is 127. The van der Waals surface area contributed by atoms with Crippen molar-refractivity contribution in [1.82, 2.24) is 10.2 Å². The third-order valence-corrected chi connectivity index (χ3v) is 6.33. The van der Waals surface area contributed by atoms with Gasteiger partial charge >= 0.3 is 0 Å². The lowest BCUT2D eigenvalue weighted by molar-refractivity contribution is 0.129. The molecule has 0 amide bonds. The molecule has 2 aromatic rings. The van der Waals surface area contributed by atoms with E-state index in [0.29, 0.717) is 5.92 Å². The number of aliphatic imine (C=N–C) groups is 1. The van der Waals surface area contributed by atoms with E-state index in [4.69, 9.17) is 14.5 Å². The lowest BCUT2D eigenvalue weighted by Gasteiger charge is -2.34. The van der Waals surface area contributed by atoms with E-state index in [0.717, 1.165) is 76.0 Å². The number of hydrogen-bond acceptors (Lipinski definition) is 4. The molecule has 0 saturated carbocycles. The second-order valence-electron chi connectivity index (χ2n) is 8.58. The van der Waals surface area contributed by atoms with E-state index in [9.17, 15) is 0 Å². The number of anilines is 1. The minimum absolute atomic E-state index is 0. The van der Waals surface area contributed by atoms with Crippen LogP contribution in [0, 0.1) is 5.92 Å². The Labute approximate surface area is 215 Å². The lowest BCUT2D eigenvalue weighted by Crippen LogP contribution is -2.47. The molecule has 7 heteroatoms. The fraction of sp³-hybridized carbons (Fsp3) is 0.500. The lowest BCUT2D eigenvalue weighted by atomic mass is 10.1. The zero-order chi connectivity index (χ0) is 22.2. The number of ether oxygens (including phenoxy) is 2. The van der Waals surface area contributed by atoms with Gasteiger partial charge in [-0.05, 0) is 43.5 Å². The molecule has 2 aliphatic rings. The molecule has 0 aromatic heterocycles. The Bertz CT molecular complexity index is 872. The number of likely N-dealkylation sites (tertiary alicyclic amines) is 1. The number of nitrogens with zero attached hydrogens (tertiary/aromatic N) is 3. The third-order valence-electron chi connectivity index (χ3n) is 6.33. The van der Waals surface area contributed by atoms with E-state index in [1.54, 1.807) is 7.11 Å². The van der Waals surface area contributed by atoms with Crippen molar-refractivity contribution in [2.45, 2.75) is 32.3 Å². The minimum Gasteiger partial charge on any atom is -0.495 e. The number of halogens is 1. The Morgan fingerprint density at radius 1 is 1.00 bits per heavy atom. The molecule has 2 heterocycles. The van der Waals surface area contributed by atoms with Crippen molar-refractivity contribution in [3.8, 4) is 11.5 Å². The molecule has 0 spiro atoms. The molecule has 1 atom stereocenters. The number of hydrogen-bond donors (Lipinski definition) is 1. The minimum atomic E-state index is 0. The Balaban J connectivity index is 0.00000306. The quantitative estimate of drug-likeness (QED) is 0.302. The van der Waals surface area contributed by atoms with Gasteiger partial charge in [-0.2, -0.15) is 0 Å². The maximum Gasteiger partial charge on any atom is 0.193 e. The second-order valence-corrected chi connectivity index (χ2v) is 8.58. The van der Waals surface area contributed by atoms with Crippen LogP contribution in [0.5, 0.6) is 11.5 Å². The molecule has 33 heavy (non-hydrogen) atoms. The van der Waals surface area contributed by atoms with Crippen LogP contribution in [0.4, 0.5) is 5.69 Å². The van der Waals surface area contributed by atoms with Crippen LogP contribution in [0.2, 0.25) is 0 Å². The van der Waals surface area contributed by atoms with Crippen LogP contribution < -0.4 is 19.7 Å². The Kier molecular flexibility index (Phi) is 9.96. The Morgan fingerprint density at radius 3 is 2.45 bits per heavy atom. The van der Waals surface area contributed by atoms with Gasteiger partial charge in [0.25, 0.3) is 0 Å². The summed E-state index contributed by atoms with van der Waals surface area (Å²) in [6.07, 6.45) is 3.48. The van der Waals surface area contributed by atoms with Crippen LogP contribution >= 0.6 is 24.0 Å². The fourth-order valence-electron chi connectivity index (χ4n) is 4.61. The smallest absolute Gasteiger partial charge is 0.193 e. The number of piperidine rings is 1. The van der Waals surface area contributed by atoms with Gasteiger partial charge in [-0.15, -0.1) is 24.0 Å². The summed E-state index contributed by atoms with van der Waals surface area (Å²) < 4.78 is 11.7. The van der Waals surface area contributed by atoms with Crippen LogP contribution in [0.25, 0.3) is 0 Å². The van der Waals surface area contributed by atoms with Crippen LogP contribution in [-0.4, -0.2) is 63.3 Å². The maximum atomic E-state index is 6.15. The average molecular weight is 565 g/mol. The summed E-state index contributed by atoms with van der Waals surface area (Å²) in [5, 5.41) is 3.50. The molecular weight excluding hydrogens is 527 g/mol. The predicted octanol–water partition coefficient (Wildman–Crippen LogP) is 4.65. The molecule has 1 N–H and O–H groups in total. The molecule has 2 aliphatic heterocycles. The molecule has 2 fully saturated rings. The number of guanidine groups is 1. The third kappa shape index (κ3) is 6.91. The molecule has 2 saturated heterocycles. The molecule has 1 unspecified atom stereocenters. The van der Waals surface area contributed by atoms with Crippen molar-refractivity contribution < 1.29 is 9.47 Å². The van der Waals surface area contributed by atoms with Gasteiger partial charge in [0.1, 0.15) is 17.6 Å². The molecule has 4 rings (SSSR count). The number of para-hydroxylation sites is 3. The van der Waals surface area contributed by atoms with Crippen molar-refractivity contribution in [3.05, 3.63) is 54.6 Å². The van der Waals surface area contributed by atoms with Gasteiger partial charge in [0.15, 0.2) is 5.96 Å². The standard InChI is InChI=1S/C26H36N4O2.HI/c1-3-27-26(29-17-14-23(15-18-29)32-22-9-5-4-6-10-22)28-19-21-13-16-30(20-21)24-11-7-8-12-25(24)31-2;/h4-12,21,23H,3,13-20H2,1-2H3,(H,27,28);1H. The first-order valence-corrected chi connectivity index (χ1v) is 11.9. The average Bonchev–Trinajstić information content (AvgIpc) is 3.32. The van der Waals surface area contributed by atoms with E-state index in [2.05, 4.69) is 34.2 Å². The summed E-state index contributed by atoms with van der Waals surface area (Å²) in [6.45, 7) is 7.91. The Hall–Kier alpha value is -2.16. The topological polar surface area (TPSA) is 49.3 Å². The van der Waals surface area contributed by atoms with E-state index in [1.807, 2.05) is 42.5 Å². The van der Waals surface area contributed by atoms with Crippen LogP contribution in [0.3, 0.4) is 0 Å². The molecule has 0 bridgehead atoms. The monoisotopic (exact) mass is 564 g/mol. The van der Waals surface area contributed by atoms with Crippen LogP contribution in [0.1, 0.15) is 26.2 Å². The molecule has 0 aliphatic carbocycles. The van der Waals surface area contributed by atoms with Gasteiger partial charge < -0.3 is 24.6 Å². The highest BCUT2D eigenvalue weighted by molar-refractivity contribution is 14.0. The second kappa shape index (κ2) is 12.9. The van der Waals surface area contributed by atoms with Crippen molar-refractivity contribution in [3.63, 3.8) is 0 Å². The van der Waals surface area contributed by atoms with E-state index in [1.165, 1.54) is 5.69 Å². The SMILES string of the molecule is CCNC(=NCC1CCN(c2ccccc2OC)C1)N1CCC(Oc2ccccc2)CC1.I. The van der Waals surface area contributed by atoms with Gasteiger partial charge in [-0.1, -0.05) is 30.3 Å². The number of benzene rings is 2. The van der Waals surface area contributed by atoms with E-state index >= 15 is 0 Å². The van der Waals surface area contributed by atoms with Crippen molar-refractivity contribution >= 4 is 35.6 Å². The highest BCUT2D eigenvalue weighted by Gasteiger charge is 2.26. The summed E-state index contributed by atoms with van der Waals surface area (Å²) in [5.74, 6) is 3.52. The van der Waals surface area contributed by atoms with Crippen LogP contribution in [-0.2, 0) is 0 Å². The molecule has 0 radical (unpaired) electrons. The van der Waals surface area contributed by atoms with E-state index in [-0.39, 0.29) is 30.1 Å². The molecule has 2 aromatic carbocycles. The fourth-order valence-corrected chi connectivity index (χ4v) is 4.61. The van der Waals surface area contributed by atoms with Gasteiger partial charge in [0.2, 0.25) is 0 Å². The van der Waals surface area contributed by atoms with Gasteiger partial charge in [0.05, 0.1) is 12.8 Å². The molecule has 180 valence electrons. The van der Waals surface area contributed by atoms with Crippen molar-refractivity contribution in [2.24, 2.45) is 10.9 Å². The number of methoxy groups -OCH3 is 1. The summed E-state index contributed by atoms with van der Waals surface area (Å²) in [7, 11) is 1.74. The van der Waals surface area contributed by atoms with Crippen molar-refractivity contribution in [2.75, 3.05) is 51.3 Å². The summed E-state index contributed by atoms with van der Waals surface area (Å²) in [5.41, 5.74) is 1.19. The first-order valence-electron chi connectivity index (χ1n) is 11.9. The zero-order valence-corrected chi connectivity index (χ0v) is 22.1. The van der Waals surface area contributed by atoms with E-state index < -0.39 is 0 Å². The van der Waals surface area contributed by atoms with Gasteiger partial charge in [-0.3, -0.25) is 4.99 Å². The first-order chi connectivity index (χ1) is 15.8. The highest BCUT2D eigenvalue weighted by Crippen LogP contribution is 2.32. The number of nitrogens with one attached hydrogen (secondary N) is 1. The summed E-state index contributed by atoms with van der Waals surface area (Å²) in [4.78, 5) is 9.85. The predicted molar refractivity (Wildman–Crippen MR) is 146 cm³/mol.